The van der Waals surface area contributed by atoms with Gasteiger partial charge in [-0.2, -0.15) is 0 Å². The van der Waals surface area contributed by atoms with E-state index in [-0.39, 0.29) is 0 Å². The van der Waals surface area contributed by atoms with E-state index in [1.165, 1.54) is 5.56 Å². The molecule has 0 saturated heterocycles. The van der Waals surface area contributed by atoms with Crippen LogP contribution in [0.3, 0.4) is 0 Å². The van der Waals surface area contributed by atoms with Crippen molar-refractivity contribution < 1.29 is 0 Å². The number of rotatable bonds is 3. The SMILES string of the molecule is C=C(C)c1ccc2c(c1)ncn2-c1cccc(CC)c1. The molecular weight excluding hydrogens is 244 g/mol. The summed E-state index contributed by atoms with van der Waals surface area (Å²) in [5.41, 5.74) is 6.84. The molecule has 0 saturated carbocycles. The van der Waals surface area contributed by atoms with Crippen LogP contribution in [0.15, 0.2) is 55.4 Å². The van der Waals surface area contributed by atoms with E-state index in [0.29, 0.717) is 0 Å². The normalized spacial score (nSPS) is 10.9. The summed E-state index contributed by atoms with van der Waals surface area (Å²) >= 11 is 0. The highest BCUT2D eigenvalue weighted by atomic mass is 15.0. The van der Waals surface area contributed by atoms with Gasteiger partial charge in [-0.1, -0.05) is 37.3 Å². The maximum absolute atomic E-state index is 4.52. The van der Waals surface area contributed by atoms with E-state index >= 15 is 0 Å². The lowest BCUT2D eigenvalue weighted by atomic mass is 10.1. The van der Waals surface area contributed by atoms with Gasteiger partial charge in [0, 0.05) is 5.69 Å². The van der Waals surface area contributed by atoms with E-state index < -0.39 is 0 Å². The predicted octanol–water partition coefficient (Wildman–Crippen LogP) is 4.62. The first-order chi connectivity index (χ1) is 9.69. The second-order valence-corrected chi connectivity index (χ2v) is 5.12. The van der Waals surface area contributed by atoms with Gasteiger partial charge in [0.2, 0.25) is 0 Å². The third-order valence-corrected chi connectivity index (χ3v) is 3.64. The summed E-state index contributed by atoms with van der Waals surface area (Å²) in [6, 6.07) is 14.9. The van der Waals surface area contributed by atoms with Crippen LogP contribution in [0.25, 0.3) is 22.3 Å². The van der Waals surface area contributed by atoms with Crippen LogP contribution < -0.4 is 0 Å². The number of imidazole rings is 1. The van der Waals surface area contributed by atoms with E-state index in [2.05, 4.69) is 65.5 Å². The number of allylic oxidation sites excluding steroid dienone is 1. The molecule has 2 aromatic carbocycles. The minimum Gasteiger partial charge on any atom is -0.299 e. The first-order valence-electron chi connectivity index (χ1n) is 6.91. The van der Waals surface area contributed by atoms with Gasteiger partial charge in [-0.25, -0.2) is 4.98 Å². The van der Waals surface area contributed by atoms with Crippen LogP contribution in [-0.4, -0.2) is 9.55 Å². The molecule has 0 amide bonds. The zero-order chi connectivity index (χ0) is 14.1. The summed E-state index contributed by atoms with van der Waals surface area (Å²) < 4.78 is 2.14. The maximum Gasteiger partial charge on any atom is 0.100 e. The number of hydrogen-bond donors (Lipinski definition) is 0. The van der Waals surface area contributed by atoms with E-state index in [1.807, 2.05) is 13.3 Å². The monoisotopic (exact) mass is 262 g/mol. The summed E-state index contributed by atoms with van der Waals surface area (Å²) in [7, 11) is 0. The number of nitrogens with zero attached hydrogens (tertiary/aromatic N) is 2. The Labute approximate surface area is 119 Å². The number of aryl methyl sites for hydroxylation is 1. The van der Waals surface area contributed by atoms with Crippen LogP contribution in [0.1, 0.15) is 25.0 Å². The highest BCUT2D eigenvalue weighted by molar-refractivity contribution is 5.81. The Kier molecular flexibility index (Phi) is 3.15. The summed E-state index contributed by atoms with van der Waals surface area (Å²) in [4.78, 5) is 4.52. The van der Waals surface area contributed by atoms with Crippen LogP contribution in [0.5, 0.6) is 0 Å². The van der Waals surface area contributed by atoms with Gasteiger partial charge >= 0.3 is 0 Å². The topological polar surface area (TPSA) is 17.8 Å². The van der Waals surface area contributed by atoms with Crippen molar-refractivity contribution in [1.29, 1.82) is 0 Å². The minimum absolute atomic E-state index is 1.01. The predicted molar refractivity (Wildman–Crippen MR) is 85.2 cm³/mol. The largest absolute Gasteiger partial charge is 0.299 e. The van der Waals surface area contributed by atoms with Gasteiger partial charge in [0.25, 0.3) is 0 Å². The van der Waals surface area contributed by atoms with Crippen molar-refractivity contribution in [1.82, 2.24) is 9.55 Å². The van der Waals surface area contributed by atoms with Gasteiger partial charge in [0.05, 0.1) is 11.0 Å². The van der Waals surface area contributed by atoms with Crippen molar-refractivity contribution in [2.75, 3.05) is 0 Å². The Morgan fingerprint density at radius 3 is 2.80 bits per heavy atom. The third-order valence-electron chi connectivity index (χ3n) is 3.64. The molecule has 0 aliphatic carbocycles. The van der Waals surface area contributed by atoms with E-state index in [0.717, 1.165) is 34.3 Å². The average Bonchev–Trinajstić information content (AvgIpc) is 2.90. The Bertz CT molecular complexity index is 781. The Morgan fingerprint density at radius 1 is 1.20 bits per heavy atom. The molecule has 20 heavy (non-hydrogen) atoms. The molecule has 0 bridgehead atoms. The molecule has 100 valence electrons. The lowest BCUT2D eigenvalue weighted by molar-refractivity contribution is 1.07. The molecule has 0 unspecified atom stereocenters. The van der Waals surface area contributed by atoms with E-state index in [1.54, 1.807) is 0 Å². The van der Waals surface area contributed by atoms with Crippen molar-refractivity contribution in [2.45, 2.75) is 20.3 Å². The molecule has 2 nitrogen and oxygen atoms in total. The smallest absolute Gasteiger partial charge is 0.100 e. The summed E-state index contributed by atoms with van der Waals surface area (Å²) in [6.07, 6.45) is 2.93. The van der Waals surface area contributed by atoms with Crippen LogP contribution >= 0.6 is 0 Å². The van der Waals surface area contributed by atoms with Crippen LogP contribution in [0, 0.1) is 0 Å². The van der Waals surface area contributed by atoms with Crippen LogP contribution in [-0.2, 0) is 6.42 Å². The molecule has 0 aliphatic heterocycles. The second kappa shape index (κ2) is 4.97. The first kappa shape index (κ1) is 12.7. The molecular formula is C18H18N2. The zero-order valence-corrected chi connectivity index (χ0v) is 11.9. The molecule has 1 heterocycles. The summed E-state index contributed by atoms with van der Waals surface area (Å²) in [5.74, 6) is 0. The molecule has 0 aliphatic rings. The van der Waals surface area contributed by atoms with Gasteiger partial charge in [0.1, 0.15) is 6.33 Å². The molecule has 0 fully saturated rings. The third kappa shape index (κ3) is 2.14. The number of fused-ring (bicyclic) bond motifs is 1. The second-order valence-electron chi connectivity index (χ2n) is 5.12. The van der Waals surface area contributed by atoms with E-state index in [9.17, 15) is 0 Å². The van der Waals surface area contributed by atoms with Crippen molar-refractivity contribution in [2.24, 2.45) is 0 Å². The molecule has 3 rings (SSSR count). The average molecular weight is 262 g/mol. The van der Waals surface area contributed by atoms with Crippen molar-refractivity contribution in [3.8, 4) is 5.69 Å². The lowest BCUT2D eigenvalue weighted by Gasteiger charge is -2.07. The van der Waals surface area contributed by atoms with Crippen LogP contribution in [0.4, 0.5) is 0 Å². The number of hydrogen-bond acceptors (Lipinski definition) is 1. The zero-order valence-electron chi connectivity index (χ0n) is 11.9. The molecule has 0 radical (unpaired) electrons. The summed E-state index contributed by atoms with van der Waals surface area (Å²) in [5, 5.41) is 0. The fraction of sp³-hybridized carbons (Fsp3) is 0.167. The number of aromatic nitrogens is 2. The molecule has 0 N–H and O–H groups in total. The highest BCUT2D eigenvalue weighted by Gasteiger charge is 2.06. The van der Waals surface area contributed by atoms with Crippen molar-refractivity contribution in [3.05, 3.63) is 66.5 Å². The molecule has 0 spiro atoms. The van der Waals surface area contributed by atoms with Gasteiger partial charge < -0.3 is 0 Å². The molecule has 1 aromatic heterocycles. The van der Waals surface area contributed by atoms with Gasteiger partial charge in [0.15, 0.2) is 0 Å². The standard InChI is InChI=1S/C18H18N2/c1-4-14-6-5-7-16(10-14)20-12-19-17-11-15(13(2)3)8-9-18(17)20/h5-12H,2,4H2,1,3H3. The quantitative estimate of drug-likeness (QED) is 0.673. The molecule has 0 atom stereocenters. The highest BCUT2D eigenvalue weighted by Crippen LogP contribution is 2.22. The fourth-order valence-corrected chi connectivity index (χ4v) is 2.41. The van der Waals surface area contributed by atoms with Gasteiger partial charge in [-0.05, 0) is 48.7 Å². The van der Waals surface area contributed by atoms with Crippen molar-refractivity contribution >= 4 is 16.6 Å². The first-order valence-corrected chi connectivity index (χ1v) is 6.91. The lowest BCUT2D eigenvalue weighted by Crippen LogP contribution is -1.93. The van der Waals surface area contributed by atoms with Gasteiger partial charge in [-0.3, -0.25) is 4.57 Å². The minimum atomic E-state index is 1.01. The maximum atomic E-state index is 4.52. The Hall–Kier alpha value is -2.35. The molecule has 2 heteroatoms. The van der Waals surface area contributed by atoms with E-state index in [4.69, 9.17) is 0 Å². The molecule has 3 aromatic rings. The van der Waals surface area contributed by atoms with Gasteiger partial charge in [-0.15, -0.1) is 0 Å². The Morgan fingerprint density at radius 2 is 2.05 bits per heavy atom. The fourth-order valence-electron chi connectivity index (χ4n) is 2.41. The summed E-state index contributed by atoms with van der Waals surface area (Å²) in [6.45, 7) is 8.17. The van der Waals surface area contributed by atoms with Crippen LogP contribution in [0.2, 0.25) is 0 Å². The Balaban J connectivity index is 2.14. The number of benzene rings is 2. The van der Waals surface area contributed by atoms with Crippen molar-refractivity contribution in [3.63, 3.8) is 0 Å².